The Hall–Kier alpha value is -2.89. The summed E-state index contributed by atoms with van der Waals surface area (Å²) < 4.78 is 0. The molecule has 1 aromatic carbocycles. The Morgan fingerprint density at radius 2 is 2.05 bits per heavy atom. The predicted octanol–water partition coefficient (Wildman–Crippen LogP) is 0.712. The van der Waals surface area contributed by atoms with Gasteiger partial charge in [0.25, 0.3) is 5.91 Å². The van der Waals surface area contributed by atoms with Crippen LogP contribution in [-0.4, -0.2) is 16.8 Å². The lowest BCUT2D eigenvalue weighted by molar-refractivity contribution is 0.0949. The van der Waals surface area contributed by atoms with Gasteiger partial charge in [-0.25, -0.2) is 0 Å². The minimum Gasteiger partial charge on any atom is -0.366 e. The molecule has 0 unspecified atom stereocenters. The summed E-state index contributed by atoms with van der Waals surface area (Å²) in [7, 11) is 0. The minimum absolute atomic E-state index is 0.252. The maximum atomic E-state index is 12.0. The van der Waals surface area contributed by atoms with E-state index in [9.17, 15) is 14.4 Å². The molecule has 2 rings (SSSR count). The van der Waals surface area contributed by atoms with Crippen molar-refractivity contribution in [3.8, 4) is 0 Å². The van der Waals surface area contributed by atoms with Crippen molar-refractivity contribution >= 4 is 11.8 Å². The number of hydrogen-bond acceptors (Lipinski definition) is 3. The van der Waals surface area contributed by atoms with Crippen molar-refractivity contribution < 1.29 is 9.59 Å². The van der Waals surface area contributed by atoms with Crippen molar-refractivity contribution in [3.63, 3.8) is 0 Å². The zero-order valence-corrected chi connectivity index (χ0v) is 11.5. The highest BCUT2D eigenvalue weighted by molar-refractivity contribution is 5.95. The van der Waals surface area contributed by atoms with Gasteiger partial charge in [-0.15, -0.1) is 0 Å². The number of nitrogens with one attached hydrogen (secondary N) is 2. The number of aromatic nitrogens is 1. The quantitative estimate of drug-likeness (QED) is 0.770. The maximum Gasteiger partial charge on any atom is 0.253 e. The van der Waals surface area contributed by atoms with E-state index in [0.717, 1.165) is 5.56 Å². The molecule has 0 fully saturated rings. The molecule has 0 aliphatic heterocycles. The average molecular weight is 285 g/mol. The van der Waals surface area contributed by atoms with Gasteiger partial charge in [-0.3, -0.25) is 14.4 Å². The van der Waals surface area contributed by atoms with Crippen LogP contribution in [-0.2, 0) is 6.54 Å². The summed E-state index contributed by atoms with van der Waals surface area (Å²) in [6.07, 6.45) is 1.38. The molecule has 0 aliphatic carbocycles. The molecule has 0 saturated heterocycles. The van der Waals surface area contributed by atoms with E-state index in [-0.39, 0.29) is 18.0 Å². The third-order valence-corrected chi connectivity index (χ3v) is 3.04. The van der Waals surface area contributed by atoms with E-state index in [1.165, 1.54) is 12.3 Å². The van der Waals surface area contributed by atoms with Gasteiger partial charge in [0.2, 0.25) is 11.5 Å². The van der Waals surface area contributed by atoms with Crippen LogP contribution < -0.4 is 16.6 Å². The van der Waals surface area contributed by atoms with Gasteiger partial charge in [-0.1, -0.05) is 12.1 Å². The Morgan fingerprint density at radius 3 is 2.71 bits per heavy atom. The Kier molecular flexibility index (Phi) is 4.18. The minimum atomic E-state index is -0.514. The summed E-state index contributed by atoms with van der Waals surface area (Å²) >= 11 is 0. The number of rotatable bonds is 4. The zero-order chi connectivity index (χ0) is 15.4. The van der Waals surface area contributed by atoms with Crippen LogP contribution in [0.3, 0.4) is 0 Å². The van der Waals surface area contributed by atoms with E-state index in [4.69, 9.17) is 5.73 Å². The molecule has 1 heterocycles. The lowest BCUT2D eigenvalue weighted by Crippen LogP contribution is -2.25. The number of pyridine rings is 1. The Morgan fingerprint density at radius 1 is 1.29 bits per heavy atom. The number of H-pyrrole nitrogens is 1. The topological polar surface area (TPSA) is 105 Å². The van der Waals surface area contributed by atoms with Gasteiger partial charge < -0.3 is 16.0 Å². The fourth-order valence-corrected chi connectivity index (χ4v) is 1.93. The molecule has 0 spiro atoms. The fourth-order valence-electron chi connectivity index (χ4n) is 1.93. The molecule has 0 radical (unpaired) electrons. The molecular formula is C15H15N3O3. The lowest BCUT2D eigenvalue weighted by atomic mass is 10.1. The first-order valence-electron chi connectivity index (χ1n) is 6.33. The number of aryl methyl sites for hydroxylation is 1. The second-order valence-corrected chi connectivity index (χ2v) is 4.64. The van der Waals surface area contributed by atoms with Crippen LogP contribution in [0.4, 0.5) is 0 Å². The molecule has 2 aromatic rings. The first-order chi connectivity index (χ1) is 9.97. The second-order valence-electron chi connectivity index (χ2n) is 4.64. The van der Waals surface area contributed by atoms with Gasteiger partial charge in [-0.05, 0) is 30.2 Å². The number of carbonyl (C=O) groups is 2. The average Bonchev–Trinajstić information content (AvgIpc) is 2.45. The molecule has 0 aliphatic rings. The van der Waals surface area contributed by atoms with E-state index in [1.807, 2.05) is 0 Å². The van der Waals surface area contributed by atoms with E-state index in [1.54, 1.807) is 31.2 Å². The van der Waals surface area contributed by atoms with Gasteiger partial charge in [0, 0.05) is 24.4 Å². The monoisotopic (exact) mass is 285 g/mol. The highest BCUT2D eigenvalue weighted by atomic mass is 16.2. The van der Waals surface area contributed by atoms with Crippen molar-refractivity contribution in [2.24, 2.45) is 5.73 Å². The Labute approximate surface area is 121 Å². The number of amides is 2. The number of aromatic amines is 1. The van der Waals surface area contributed by atoms with Crippen molar-refractivity contribution in [2.45, 2.75) is 13.5 Å². The van der Waals surface area contributed by atoms with Crippen LogP contribution in [0.15, 0.2) is 41.3 Å². The van der Waals surface area contributed by atoms with Crippen LogP contribution in [0.5, 0.6) is 0 Å². The van der Waals surface area contributed by atoms with E-state index < -0.39 is 5.91 Å². The van der Waals surface area contributed by atoms with Crippen molar-refractivity contribution in [3.05, 3.63) is 69.1 Å². The van der Waals surface area contributed by atoms with E-state index >= 15 is 0 Å². The largest absolute Gasteiger partial charge is 0.366 e. The Bertz CT molecular complexity index is 750. The van der Waals surface area contributed by atoms with Gasteiger partial charge in [0.1, 0.15) is 0 Å². The predicted molar refractivity (Wildman–Crippen MR) is 77.9 cm³/mol. The Balaban J connectivity index is 2.09. The molecule has 1 aromatic heterocycles. The summed E-state index contributed by atoms with van der Waals surface area (Å²) in [5.41, 5.74) is 7.11. The smallest absolute Gasteiger partial charge is 0.253 e. The third kappa shape index (κ3) is 3.56. The lowest BCUT2D eigenvalue weighted by Gasteiger charge is -2.08. The molecule has 21 heavy (non-hydrogen) atoms. The fraction of sp³-hybridized carbons (Fsp3) is 0.133. The molecule has 6 nitrogen and oxygen atoms in total. The van der Waals surface area contributed by atoms with Crippen LogP contribution in [0, 0.1) is 6.92 Å². The van der Waals surface area contributed by atoms with E-state index in [0.29, 0.717) is 16.7 Å². The first kappa shape index (κ1) is 14.5. The van der Waals surface area contributed by atoms with Crippen LogP contribution >= 0.6 is 0 Å². The summed E-state index contributed by atoms with van der Waals surface area (Å²) in [5.74, 6) is -0.812. The van der Waals surface area contributed by atoms with Crippen molar-refractivity contribution in [1.29, 1.82) is 0 Å². The number of primary amides is 1. The van der Waals surface area contributed by atoms with E-state index in [2.05, 4.69) is 10.3 Å². The SMILES string of the molecule is Cc1cc(=O)[nH]cc1C(=O)NCc1cccc(C(N)=O)c1. The van der Waals surface area contributed by atoms with Gasteiger partial charge in [0.15, 0.2) is 0 Å². The molecule has 108 valence electrons. The highest BCUT2D eigenvalue weighted by Gasteiger charge is 2.09. The number of benzene rings is 1. The standard InChI is InChI=1S/C15H15N3O3/c1-9-5-13(19)17-8-12(9)15(21)18-7-10-3-2-4-11(6-10)14(16)20/h2-6,8H,7H2,1H3,(H2,16,20)(H,17,19)(H,18,21). The molecule has 6 heteroatoms. The summed E-state index contributed by atoms with van der Waals surface area (Å²) in [5, 5.41) is 2.73. The van der Waals surface area contributed by atoms with Gasteiger partial charge in [0.05, 0.1) is 5.56 Å². The van der Waals surface area contributed by atoms with Crippen molar-refractivity contribution in [2.75, 3.05) is 0 Å². The zero-order valence-electron chi connectivity index (χ0n) is 11.5. The molecular weight excluding hydrogens is 270 g/mol. The summed E-state index contributed by atoms with van der Waals surface area (Å²) in [4.78, 5) is 36.7. The number of carbonyl (C=O) groups excluding carboxylic acids is 2. The number of hydrogen-bond donors (Lipinski definition) is 3. The highest BCUT2D eigenvalue weighted by Crippen LogP contribution is 2.06. The number of nitrogens with two attached hydrogens (primary N) is 1. The second kappa shape index (κ2) is 6.04. The molecule has 4 N–H and O–H groups in total. The normalized spacial score (nSPS) is 10.1. The maximum absolute atomic E-state index is 12.0. The van der Waals surface area contributed by atoms with Crippen LogP contribution in [0.2, 0.25) is 0 Å². The molecule has 0 atom stereocenters. The first-order valence-corrected chi connectivity index (χ1v) is 6.33. The van der Waals surface area contributed by atoms with Crippen LogP contribution in [0.1, 0.15) is 31.8 Å². The molecule has 2 amide bonds. The summed E-state index contributed by atoms with van der Waals surface area (Å²) in [6, 6.07) is 8.09. The van der Waals surface area contributed by atoms with Crippen LogP contribution in [0.25, 0.3) is 0 Å². The third-order valence-electron chi connectivity index (χ3n) is 3.04. The van der Waals surface area contributed by atoms with Crippen molar-refractivity contribution in [1.82, 2.24) is 10.3 Å². The van der Waals surface area contributed by atoms with Gasteiger partial charge >= 0.3 is 0 Å². The van der Waals surface area contributed by atoms with Gasteiger partial charge in [-0.2, -0.15) is 0 Å². The molecule has 0 bridgehead atoms. The summed E-state index contributed by atoms with van der Waals surface area (Å²) in [6.45, 7) is 1.95. The molecule has 0 saturated carbocycles.